The molecule has 0 saturated carbocycles. The quantitative estimate of drug-likeness (QED) is 0.453. The second-order valence-electron chi connectivity index (χ2n) is 7.82. The molecule has 0 N–H and O–H groups in total. The van der Waals surface area contributed by atoms with E-state index in [-0.39, 0.29) is 24.8 Å². The molecule has 32 heavy (non-hydrogen) atoms. The summed E-state index contributed by atoms with van der Waals surface area (Å²) in [6, 6.07) is 10.3. The molecule has 2 aromatic carbocycles. The Bertz CT molecular complexity index is 1040. The molecule has 4 nitrogen and oxygen atoms in total. The van der Waals surface area contributed by atoms with Crippen LogP contribution in [0.25, 0.3) is 12.2 Å². The molecule has 0 radical (unpaired) electrons. The van der Waals surface area contributed by atoms with E-state index in [2.05, 4.69) is 0 Å². The molecule has 1 saturated heterocycles. The van der Waals surface area contributed by atoms with Crippen molar-refractivity contribution in [3.05, 3.63) is 78.8 Å². The molecular weight excluding hydrogens is 490 g/mol. The summed E-state index contributed by atoms with van der Waals surface area (Å²) in [5.74, 6) is -0.148. The maximum Gasteiger partial charge on any atom is 0.224 e. The predicted molar refractivity (Wildman–Crippen MR) is 134 cm³/mol. The fourth-order valence-electron chi connectivity index (χ4n) is 3.30. The van der Waals surface area contributed by atoms with Crippen molar-refractivity contribution in [3.63, 3.8) is 0 Å². The lowest BCUT2D eigenvalue weighted by atomic mass is 9.94. The Morgan fingerprint density at radius 2 is 1.34 bits per heavy atom. The summed E-state index contributed by atoms with van der Waals surface area (Å²) in [5, 5.41) is 1.67. The van der Waals surface area contributed by atoms with Crippen molar-refractivity contribution in [2.75, 3.05) is 33.7 Å². The average Bonchev–Trinajstić information content (AvgIpc) is 2.74. The Morgan fingerprint density at radius 1 is 0.875 bits per heavy atom. The van der Waals surface area contributed by atoms with Crippen molar-refractivity contribution in [1.82, 2.24) is 9.80 Å². The van der Waals surface area contributed by atoms with E-state index in [1.54, 1.807) is 53.5 Å². The van der Waals surface area contributed by atoms with E-state index in [0.717, 1.165) is 11.1 Å². The number of nitrogens with zero attached hydrogens (tertiary/aromatic N) is 2. The second-order valence-corrected chi connectivity index (χ2v) is 9.45. The normalized spacial score (nSPS) is 17.0. The van der Waals surface area contributed by atoms with Gasteiger partial charge in [-0.05, 0) is 61.6 Å². The summed E-state index contributed by atoms with van der Waals surface area (Å²) in [4.78, 5) is 29.8. The van der Waals surface area contributed by atoms with Crippen LogP contribution in [-0.2, 0) is 9.59 Å². The van der Waals surface area contributed by atoms with Gasteiger partial charge in [0.15, 0.2) is 5.78 Å². The Balaban J connectivity index is 1.98. The maximum absolute atomic E-state index is 13.3. The second kappa shape index (κ2) is 10.9. The Hall–Kier alpha value is -1.82. The minimum Gasteiger partial charge on any atom is -0.334 e. The minimum atomic E-state index is -0.126. The third kappa shape index (κ3) is 6.37. The monoisotopic (exact) mass is 510 g/mol. The van der Waals surface area contributed by atoms with Crippen LogP contribution >= 0.6 is 46.4 Å². The molecule has 8 heteroatoms. The standard InChI is InChI=1S/C24H22Cl4N2O2/c1-29(2)8-7-23(31)30-13-17(9-15-3-5-19(25)21(27)11-15)24(32)18(14-30)10-16-4-6-20(26)22(28)12-16/h3-6,9-12H,7-8,13-14H2,1-2H3/b17-9-,18-10+. The number of Topliss-reactive ketones (excluding diaryl/α,β-unsaturated/α-hetero) is 1. The molecule has 1 heterocycles. The minimum absolute atomic E-state index is 0.0220. The van der Waals surface area contributed by atoms with E-state index in [9.17, 15) is 9.59 Å². The Labute approximate surface area is 208 Å². The van der Waals surface area contributed by atoms with Crippen molar-refractivity contribution >= 4 is 70.2 Å². The van der Waals surface area contributed by atoms with Gasteiger partial charge in [0.05, 0.1) is 20.1 Å². The molecule has 0 aliphatic carbocycles. The molecule has 0 unspecified atom stereocenters. The molecule has 3 rings (SSSR count). The van der Waals surface area contributed by atoms with E-state index in [4.69, 9.17) is 46.4 Å². The van der Waals surface area contributed by atoms with Gasteiger partial charge < -0.3 is 9.80 Å². The number of piperidine rings is 1. The van der Waals surface area contributed by atoms with Gasteiger partial charge in [-0.15, -0.1) is 0 Å². The highest BCUT2D eigenvalue weighted by atomic mass is 35.5. The highest BCUT2D eigenvalue weighted by molar-refractivity contribution is 6.42. The zero-order valence-electron chi connectivity index (χ0n) is 17.7. The number of benzene rings is 2. The van der Waals surface area contributed by atoms with Gasteiger partial charge in [-0.1, -0.05) is 58.5 Å². The van der Waals surface area contributed by atoms with Crippen molar-refractivity contribution in [2.24, 2.45) is 0 Å². The molecule has 0 bridgehead atoms. The number of likely N-dealkylation sites (tertiary alicyclic amines) is 1. The van der Waals surface area contributed by atoms with E-state index in [1.807, 2.05) is 19.0 Å². The molecule has 0 spiro atoms. The van der Waals surface area contributed by atoms with E-state index >= 15 is 0 Å². The van der Waals surface area contributed by atoms with Gasteiger partial charge in [0.2, 0.25) is 5.91 Å². The smallest absolute Gasteiger partial charge is 0.224 e. The average molecular weight is 512 g/mol. The van der Waals surface area contributed by atoms with Crippen molar-refractivity contribution in [2.45, 2.75) is 6.42 Å². The fraction of sp³-hybridized carbons (Fsp3) is 0.250. The first-order valence-corrected chi connectivity index (χ1v) is 11.4. The van der Waals surface area contributed by atoms with Crippen LogP contribution in [0.2, 0.25) is 20.1 Å². The van der Waals surface area contributed by atoms with Crippen LogP contribution in [0.5, 0.6) is 0 Å². The third-order valence-corrected chi connectivity index (χ3v) is 6.48. The highest BCUT2D eigenvalue weighted by Crippen LogP contribution is 2.28. The Morgan fingerprint density at radius 3 is 1.75 bits per heavy atom. The molecule has 2 aromatic rings. The number of carbonyl (C=O) groups is 2. The highest BCUT2D eigenvalue weighted by Gasteiger charge is 2.29. The maximum atomic E-state index is 13.3. The number of halogens is 4. The number of hydrogen-bond donors (Lipinski definition) is 0. The molecule has 1 aliphatic heterocycles. The van der Waals surface area contributed by atoms with Crippen LogP contribution in [-0.4, -0.2) is 55.2 Å². The van der Waals surface area contributed by atoms with Gasteiger partial charge in [0, 0.05) is 37.2 Å². The first-order valence-electron chi connectivity index (χ1n) is 9.92. The Kier molecular flexibility index (Phi) is 8.43. The summed E-state index contributed by atoms with van der Waals surface area (Å²) >= 11 is 24.3. The first-order chi connectivity index (χ1) is 15.1. The van der Waals surface area contributed by atoms with Gasteiger partial charge in [-0.25, -0.2) is 0 Å². The number of rotatable bonds is 5. The third-order valence-electron chi connectivity index (χ3n) is 5.00. The van der Waals surface area contributed by atoms with Crippen LogP contribution < -0.4 is 0 Å². The van der Waals surface area contributed by atoms with E-state index < -0.39 is 0 Å². The van der Waals surface area contributed by atoms with E-state index in [0.29, 0.717) is 44.2 Å². The van der Waals surface area contributed by atoms with Crippen LogP contribution in [0.4, 0.5) is 0 Å². The lowest BCUT2D eigenvalue weighted by Gasteiger charge is -2.30. The molecule has 1 fully saturated rings. The number of carbonyl (C=O) groups excluding carboxylic acids is 2. The largest absolute Gasteiger partial charge is 0.334 e. The van der Waals surface area contributed by atoms with Crippen molar-refractivity contribution in [1.29, 1.82) is 0 Å². The predicted octanol–water partition coefficient (Wildman–Crippen LogP) is 6.13. The molecule has 0 atom stereocenters. The molecule has 1 aliphatic rings. The summed E-state index contributed by atoms with van der Waals surface area (Å²) in [7, 11) is 3.83. The number of hydrogen-bond acceptors (Lipinski definition) is 3. The van der Waals surface area contributed by atoms with Gasteiger partial charge in [0.1, 0.15) is 0 Å². The van der Waals surface area contributed by atoms with Crippen LogP contribution in [0.1, 0.15) is 17.5 Å². The summed E-state index contributed by atoms with van der Waals surface area (Å²) in [6.07, 6.45) is 3.86. The number of amides is 1. The van der Waals surface area contributed by atoms with Crippen LogP contribution in [0, 0.1) is 0 Å². The fourth-order valence-corrected chi connectivity index (χ4v) is 3.91. The summed E-state index contributed by atoms with van der Waals surface area (Å²) in [6.45, 7) is 1.08. The molecule has 0 aromatic heterocycles. The first kappa shape index (κ1) is 24.8. The number of ketones is 1. The van der Waals surface area contributed by atoms with Crippen LogP contribution in [0.15, 0.2) is 47.5 Å². The molecular formula is C24H22Cl4N2O2. The SMILES string of the molecule is CN(C)CCC(=O)N1C/C(=C/c2ccc(Cl)c(Cl)c2)C(=O)/C(=C/c2ccc(Cl)c(Cl)c2)C1. The van der Waals surface area contributed by atoms with Crippen molar-refractivity contribution < 1.29 is 9.59 Å². The van der Waals surface area contributed by atoms with E-state index in [1.165, 1.54) is 0 Å². The lowest BCUT2D eigenvalue weighted by Crippen LogP contribution is -2.42. The van der Waals surface area contributed by atoms with Gasteiger partial charge in [0.25, 0.3) is 0 Å². The van der Waals surface area contributed by atoms with Gasteiger partial charge in [-0.2, -0.15) is 0 Å². The van der Waals surface area contributed by atoms with Gasteiger partial charge >= 0.3 is 0 Å². The van der Waals surface area contributed by atoms with Crippen molar-refractivity contribution in [3.8, 4) is 0 Å². The van der Waals surface area contributed by atoms with Gasteiger partial charge in [-0.3, -0.25) is 9.59 Å². The lowest BCUT2D eigenvalue weighted by molar-refractivity contribution is -0.131. The molecule has 168 valence electrons. The zero-order valence-corrected chi connectivity index (χ0v) is 20.7. The summed E-state index contributed by atoms with van der Waals surface area (Å²) < 4.78 is 0. The summed E-state index contributed by atoms with van der Waals surface area (Å²) in [5.41, 5.74) is 2.47. The zero-order chi connectivity index (χ0) is 23.4. The molecule has 1 amide bonds. The topological polar surface area (TPSA) is 40.6 Å². The van der Waals surface area contributed by atoms with Crippen LogP contribution in [0.3, 0.4) is 0 Å².